The third kappa shape index (κ3) is 3.56. The largest absolute Gasteiger partial charge is 0.418 e. The molecule has 5 heteroatoms. The van der Waals surface area contributed by atoms with Gasteiger partial charge in [0.25, 0.3) is 0 Å². The Balaban J connectivity index is 2.20. The molecule has 1 heterocycles. The average Bonchev–Trinajstić information content (AvgIpc) is 2.97. The van der Waals surface area contributed by atoms with Crippen LogP contribution in [0.5, 0.6) is 0 Å². The zero-order valence-corrected chi connectivity index (χ0v) is 11.0. The lowest BCUT2D eigenvalue weighted by atomic mass is 10.0. The van der Waals surface area contributed by atoms with Crippen LogP contribution in [0.1, 0.15) is 17.7 Å². The molecule has 0 aliphatic heterocycles. The summed E-state index contributed by atoms with van der Waals surface area (Å²) in [5.74, 6) is -0.245. The summed E-state index contributed by atoms with van der Waals surface area (Å²) in [4.78, 5) is 15.5. The van der Waals surface area contributed by atoms with Gasteiger partial charge < -0.3 is 0 Å². The number of rotatable bonds is 4. The van der Waals surface area contributed by atoms with Gasteiger partial charge in [0.15, 0.2) is 5.78 Å². The van der Waals surface area contributed by atoms with Gasteiger partial charge >= 0.3 is 6.18 Å². The fourth-order valence-electron chi connectivity index (χ4n) is 1.88. The van der Waals surface area contributed by atoms with Gasteiger partial charge in [0, 0.05) is 11.8 Å². The second-order valence-corrected chi connectivity index (χ2v) is 4.44. The molecule has 2 nitrogen and oxygen atoms in total. The van der Waals surface area contributed by atoms with Crippen molar-refractivity contribution in [2.75, 3.05) is 0 Å². The first-order valence-electron chi connectivity index (χ1n) is 6.19. The zero-order valence-electron chi connectivity index (χ0n) is 11.0. The van der Waals surface area contributed by atoms with Crippen LogP contribution >= 0.6 is 0 Å². The van der Waals surface area contributed by atoms with Crippen molar-refractivity contribution < 1.29 is 18.0 Å². The molecule has 1 aromatic heterocycles. The number of aromatic nitrogens is 1. The average molecular weight is 291 g/mol. The first kappa shape index (κ1) is 15.0. The third-order valence-corrected chi connectivity index (χ3v) is 2.94. The second-order valence-electron chi connectivity index (χ2n) is 4.44. The smallest absolute Gasteiger partial charge is 0.290 e. The van der Waals surface area contributed by atoms with E-state index in [-0.39, 0.29) is 17.1 Å². The number of hydrogen-bond donors (Lipinski definition) is 0. The number of pyridine rings is 1. The second kappa shape index (κ2) is 5.91. The van der Waals surface area contributed by atoms with Crippen LogP contribution in [-0.2, 0) is 11.0 Å². The number of nitrogens with zero attached hydrogens (tertiary/aromatic N) is 1. The van der Waals surface area contributed by atoms with E-state index in [0.29, 0.717) is 12.0 Å². The molecule has 1 aromatic rings. The molecule has 0 N–H and O–H groups in total. The van der Waals surface area contributed by atoms with Gasteiger partial charge in [-0.3, -0.25) is 9.78 Å². The number of ketones is 1. The van der Waals surface area contributed by atoms with Crippen LogP contribution < -0.4 is 0 Å². The van der Waals surface area contributed by atoms with Crippen LogP contribution in [0.3, 0.4) is 0 Å². The molecule has 0 spiro atoms. The van der Waals surface area contributed by atoms with Gasteiger partial charge in [-0.15, -0.1) is 0 Å². The first-order valence-corrected chi connectivity index (χ1v) is 6.19. The van der Waals surface area contributed by atoms with Crippen LogP contribution in [-0.4, -0.2) is 10.8 Å². The van der Waals surface area contributed by atoms with Gasteiger partial charge in [-0.1, -0.05) is 24.8 Å². The molecule has 0 aromatic carbocycles. The van der Waals surface area contributed by atoms with E-state index in [9.17, 15) is 18.0 Å². The minimum atomic E-state index is -4.51. The standard InChI is InChI=1S/C16H12F3NO/c1-11(8-9-14(21)12-5-2-3-6-12)15-13(16(17,18)19)7-4-10-20-15/h2-5,7-10H,1,6H2/b9-8+. The predicted octanol–water partition coefficient (Wildman–Crippen LogP) is 4.13. The predicted molar refractivity (Wildman–Crippen MR) is 74.3 cm³/mol. The molecule has 2 rings (SSSR count). The van der Waals surface area contributed by atoms with Gasteiger partial charge in [0.1, 0.15) is 0 Å². The molecule has 21 heavy (non-hydrogen) atoms. The van der Waals surface area contributed by atoms with Crippen molar-refractivity contribution in [1.82, 2.24) is 4.98 Å². The number of carbonyl (C=O) groups is 1. The molecular formula is C16H12F3NO. The van der Waals surface area contributed by atoms with Crippen LogP contribution in [0.4, 0.5) is 13.2 Å². The number of hydrogen-bond acceptors (Lipinski definition) is 2. The molecule has 0 unspecified atom stereocenters. The highest BCUT2D eigenvalue weighted by Crippen LogP contribution is 2.33. The monoisotopic (exact) mass is 291 g/mol. The Kier molecular flexibility index (Phi) is 4.21. The Morgan fingerprint density at radius 1 is 1.33 bits per heavy atom. The molecule has 0 fully saturated rings. The van der Waals surface area contributed by atoms with Crippen LogP contribution in [0.15, 0.2) is 60.9 Å². The summed E-state index contributed by atoms with van der Waals surface area (Å²) >= 11 is 0. The van der Waals surface area contributed by atoms with Crippen molar-refractivity contribution in [3.05, 3.63) is 72.1 Å². The van der Waals surface area contributed by atoms with E-state index >= 15 is 0 Å². The Bertz CT molecular complexity index is 666. The Hall–Kier alpha value is -2.43. The number of allylic oxidation sites excluding steroid dienone is 7. The van der Waals surface area contributed by atoms with Gasteiger partial charge in [0.05, 0.1) is 11.3 Å². The zero-order chi connectivity index (χ0) is 15.5. The summed E-state index contributed by atoms with van der Waals surface area (Å²) < 4.78 is 38.6. The minimum Gasteiger partial charge on any atom is -0.290 e. The number of alkyl halides is 3. The molecule has 1 aliphatic carbocycles. The number of halogens is 3. The van der Waals surface area contributed by atoms with Crippen LogP contribution in [0, 0.1) is 0 Å². The van der Waals surface area contributed by atoms with E-state index in [1.54, 1.807) is 12.2 Å². The Morgan fingerprint density at radius 2 is 2.10 bits per heavy atom. The summed E-state index contributed by atoms with van der Waals surface area (Å²) in [5.41, 5.74) is -0.500. The van der Waals surface area contributed by atoms with Crippen molar-refractivity contribution in [2.45, 2.75) is 12.6 Å². The van der Waals surface area contributed by atoms with E-state index in [1.165, 1.54) is 24.4 Å². The topological polar surface area (TPSA) is 30.0 Å². The molecule has 0 bridgehead atoms. The SMILES string of the molecule is C=C(/C=C/C(=O)C1=CC=CC1)c1ncccc1C(F)(F)F. The van der Waals surface area contributed by atoms with Crippen molar-refractivity contribution in [2.24, 2.45) is 0 Å². The minimum absolute atomic E-state index is 0.0443. The molecule has 108 valence electrons. The van der Waals surface area contributed by atoms with Gasteiger partial charge in [-0.25, -0.2) is 0 Å². The van der Waals surface area contributed by atoms with Gasteiger partial charge in [-0.2, -0.15) is 13.2 Å². The lowest BCUT2D eigenvalue weighted by Crippen LogP contribution is -2.09. The Morgan fingerprint density at radius 3 is 2.71 bits per heavy atom. The quantitative estimate of drug-likeness (QED) is 0.617. The third-order valence-electron chi connectivity index (χ3n) is 2.94. The highest BCUT2D eigenvalue weighted by Gasteiger charge is 2.34. The fourth-order valence-corrected chi connectivity index (χ4v) is 1.88. The van der Waals surface area contributed by atoms with Crippen LogP contribution in [0.2, 0.25) is 0 Å². The summed E-state index contributed by atoms with van der Waals surface area (Å²) in [6.07, 6.45) is 5.03. The van der Waals surface area contributed by atoms with E-state index in [4.69, 9.17) is 0 Å². The summed E-state index contributed by atoms with van der Waals surface area (Å²) in [6.45, 7) is 3.56. The molecule has 0 saturated heterocycles. The summed E-state index contributed by atoms with van der Waals surface area (Å²) in [7, 11) is 0. The van der Waals surface area contributed by atoms with Crippen molar-refractivity contribution >= 4 is 11.4 Å². The highest BCUT2D eigenvalue weighted by molar-refractivity contribution is 6.06. The van der Waals surface area contributed by atoms with E-state index < -0.39 is 11.7 Å². The molecule has 0 atom stereocenters. The molecule has 0 radical (unpaired) electrons. The molecule has 0 amide bonds. The van der Waals surface area contributed by atoms with Gasteiger partial charge in [-0.05, 0) is 36.3 Å². The van der Waals surface area contributed by atoms with Crippen molar-refractivity contribution in [3.63, 3.8) is 0 Å². The summed E-state index contributed by atoms with van der Waals surface area (Å²) in [5, 5.41) is 0. The van der Waals surface area contributed by atoms with E-state index in [2.05, 4.69) is 11.6 Å². The highest BCUT2D eigenvalue weighted by atomic mass is 19.4. The van der Waals surface area contributed by atoms with Gasteiger partial charge in [0.2, 0.25) is 0 Å². The Labute approximate surface area is 120 Å². The normalized spacial score (nSPS) is 14.5. The maximum Gasteiger partial charge on any atom is 0.418 e. The summed E-state index contributed by atoms with van der Waals surface area (Å²) in [6, 6.07) is 2.15. The van der Waals surface area contributed by atoms with Crippen molar-refractivity contribution in [3.8, 4) is 0 Å². The van der Waals surface area contributed by atoms with E-state index in [1.807, 2.05) is 6.08 Å². The maximum absolute atomic E-state index is 12.9. The number of carbonyl (C=O) groups excluding carboxylic acids is 1. The molecule has 0 saturated carbocycles. The maximum atomic E-state index is 12.9. The van der Waals surface area contributed by atoms with Crippen LogP contribution in [0.25, 0.3) is 5.57 Å². The lowest BCUT2D eigenvalue weighted by molar-refractivity contribution is -0.138. The van der Waals surface area contributed by atoms with E-state index in [0.717, 1.165) is 6.07 Å². The first-order chi connectivity index (χ1) is 9.89. The van der Waals surface area contributed by atoms with Crippen molar-refractivity contribution in [1.29, 1.82) is 0 Å². The molecule has 1 aliphatic rings. The molecular weight excluding hydrogens is 279 g/mol. The lowest BCUT2D eigenvalue weighted by Gasteiger charge is -2.11. The fraction of sp³-hybridized carbons (Fsp3) is 0.125.